The summed E-state index contributed by atoms with van der Waals surface area (Å²) in [6, 6.07) is 4.41. The van der Waals surface area contributed by atoms with Crippen molar-refractivity contribution in [1.29, 1.82) is 0 Å². The molecule has 0 aliphatic rings. The van der Waals surface area contributed by atoms with Gasteiger partial charge in [-0.25, -0.2) is 8.78 Å². The molecule has 11 heavy (non-hydrogen) atoms. The summed E-state index contributed by atoms with van der Waals surface area (Å²) in [6.07, 6.45) is -2.52. The summed E-state index contributed by atoms with van der Waals surface area (Å²) in [7, 11) is 0. The number of halogens is 3. The Balaban J connectivity index is 2.91. The van der Waals surface area contributed by atoms with Crippen molar-refractivity contribution in [1.82, 2.24) is 4.98 Å². The largest absolute Gasteiger partial charge is 0.280 e. The van der Waals surface area contributed by atoms with E-state index in [9.17, 15) is 8.78 Å². The Morgan fingerprint density at radius 2 is 2.18 bits per heavy atom. The van der Waals surface area contributed by atoms with Gasteiger partial charge in [-0.3, -0.25) is 4.98 Å². The van der Waals surface area contributed by atoms with Crippen molar-refractivity contribution < 1.29 is 8.78 Å². The van der Waals surface area contributed by atoms with Crippen LogP contribution in [0, 0.1) is 0 Å². The molecule has 1 nitrogen and oxygen atoms in total. The fraction of sp³-hybridized carbons (Fsp3) is 0.286. The topological polar surface area (TPSA) is 12.9 Å². The molecule has 0 radical (unpaired) electrons. The van der Waals surface area contributed by atoms with Crippen LogP contribution in [0.15, 0.2) is 18.2 Å². The molecule has 1 aromatic rings. The second kappa shape index (κ2) is 3.62. The number of aromatic nitrogens is 1. The lowest BCUT2D eigenvalue weighted by molar-refractivity contribution is 0.146. The minimum atomic E-state index is -2.52. The highest BCUT2D eigenvalue weighted by Gasteiger charge is 2.07. The molecule has 0 fully saturated rings. The number of pyridine rings is 1. The lowest BCUT2D eigenvalue weighted by Gasteiger charge is -1.99. The van der Waals surface area contributed by atoms with Crippen LogP contribution in [0.5, 0.6) is 0 Å². The zero-order chi connectivity index (χ0) is 8.27. The summed E-state index contributed by atoms with van der Waals surface area (Å²) in [4.78, 5) is 3.61. The molecule has 0 aliphatic carbocycles. The number of rotatable bonds is 2. The van der Waals surface area contributed by atoms with E-state index < -0.39 is 6.43 Å². The van der Waals surface area contributed by atoms with E-state index in [1.165, 1.54) is 12.1 Å². The van der Waals surface area contributed by atoms with Gasteiger partial charge in [0.25, 0.3) is 6.43 Å². The Labute approximate surface area is 68.0 Å². The Bertz CT molecular complexity index is 240. The van der Waals surface area contributed by atoms with E-state index in [4.69, 9.17) is 11.6 Å². The summed E-state index contributed by atoms with van der Waals surface area (Å²) in [6.45, 7) is 0. The molecule has 0 bridgehead atoms. The highest BCUT2D eigenvalue weighted by molar-refractivity contribution is 6.16. The third kappa shape index (κ3) is 2.12. The molecule has 0 unspecified atom stereocenters. The van der Waals surface area contributed by atoms with Gasteiger partial charge in [0.2, 0.25) is 0 Å². The van der Waals surface area contributed by atoms with Crippen LogP contribution in [0.4, 0.5) is 8.78 Å². The number of nitrogens with zero attached hydrogens (tertiary/aromatic N) is 1. The second-order valence-corrected chi connectivity index (χ2v) is 2.26. The van der Waals surface area contributed by atoms with Gasteiger partial charge in [0, 0.05) is 0 Å². The Morgan fingerprint density at radius 1 is 1.45 bits per heavy atom. The summed E-state index contributed by atoms with van der Waals surface area (Å²) < 4.78 is 24.0. The molecule has 4 heteroatoms. The van der Waals surface area contributed by atoms with Crippen molar-refractivity contribution in [2.45, 2.75) is 12.3 Å². The Kier molecular flexibility index (Phi) is 2.76. The molecule has 1 heterocycles. The maximum atomic E-state index is 12.0. The van der Waals surface area contributed by atoms with Crippen molar-refractivity contribution >= 4 is 11.6 Å². The van der Waals surface area contributed by atoms with E-state index in [1.54, 1.807) is 6.07 Å². The second-order valence-electron chi connectivity index (χ2n) is 1.99. The first-order valence-electron chi connectivity index (χ1n) is 3.04. The fourth-order valence-electron chi connectivity index (χ4n) is 0.694. The van der Waals surface area contributed by atoms with Crippen molar-refractivity contribution in [2.24, 2.45) is 0 Å². The molecular weight excluding hydrogens is 172 g/mol. The smallest absolute Gasteiger partial charge is 0.251 e. The number of hydrogen-bond donors (Lipinski definition) is 0. The molecule has 60 valence electrons. The quantitative estimate of drug-likeness (QED) is 0.633. The van der Waals surface area contributed by atoms with Crippen LogP contribution in [0.25, 0.3) is 0 Å². The molecule has 0 saturated heterocycles. The standard InChI is InChI=1S/C7H6ClF2N/c8-4-5-2-1-3-6(11-5)7(9)10/h1-3,7H,4H2. The molecular formula is C7H6ClF2N. The predicted molar refractivity (Wildman–Crippen MR) is 38.8 cm³/mol. The normalized spacial score (nSPS) is 10.5. The summed E-state index contributed by atoms with van der Waals surface area (Å²) >= 11 is 5.40. The third-order valence-corrected chi connectivity index (χ3v) is 1.46. The average Bonchev–Trinajstić information content (AvgIpc) is 2.05. The highest BCUT2D eigenvalue weighted by Crippen LogP contribution is 2.16. The molecule has 0 atom stereocenters. The van der Waals surface area contributed by atoms with Gasteiger partial charge in [0.15, 0.2) is 0 Å². The average molecular weight is 178 g/mol. The predicted octanol–water partition coefficient (Wildman–Crippen LogP) is 2.76. The zero-order valence-corrected chi connectivity index (χ0v) is 6.35. The van der Waals surface area contributed by atoms with Crippen LogP contribution in [-0.2, 0) is 5.88 Å². The fourth-order valence-corrected chi connectivity index (χ4v) is 0.843. The van der Waals surface area contributed by atoms with E-state index in [2.05, 4.69) is 4.98 Å². The monoisotopic (exact) mass is 177 g/mol. The zero-order valence-electron chi connectivity index (χ0n) is 5.60. The van der Waals surface area contributed by atoms with Crippen LogP contribution >= 0.6 is 11.6 Å². The van der Waals surface area contributed by atoms with Crippen LogP contribution < -0.4 is 0 Å². The van der Waals surface area contributed by atoms with Crippen LogP contribution in [0.2, 0.25) is 0 Å². The van der Waals surface area contributed by atoms with E-state index >= 15 is 0 Å². The molecule has 1 rings (SSSR count). The van der Waals surface area contributed by atoms with E-state index in [1.807, 2.05) is 0 Å². The van der Waals surface area contributed by atoms with Gasteiger partial charge < -0.3 is 0 Å². The first kappa shape index (κ1) is 8.40. The van der Waals surface area contributed by atoms with Gasteiger partial charge >= 0.3 is 0 Å². The van der Waals surface area contributed by atoms with Gasteiger partial charge in [-0.15, -0.1) is 11.6 Å². The number of alkyl halides is 3. The van der Waals surface area contributed by atoms with E-state index in [0.717, 1.165) is 0 Å². The summed E-state index contributed by atoms with van der Waals surface area (Å²) in [5.41, 5.74) is 0.257. The number of hydrogen-bond acceptors (Lipinski definition) is 1. The van der Waals surface area contributed by atoms with Crippen molar-refractivity contribution in [3.8, 4) is 0 Å². The lowest BCUT2D eigenvalue weighted by atomic mass is 10.3. The van der Waals surface area contributed by atoms with Crippen LogP contribution in [0.3, 0.4) is 0 Å². The van der Waals surface area contributed by atoms with Gasteiger partial charge in [-0.1, -0.05) is 6.07 Å². The van der Waals surface area contributed by atoms with Gasteiger partial charge in [-0.2, -0.15) is 0 Å². The molecule has 0 amide bonds. The minimum absolute atomic E-state index is 0.167. The summed E-state index contributed by atoms with van der Waals surface area (Å²) in [5.74, 6) is 0.167. The van der Waals surface area contributed by atoms with Crippen molar-refractivity contribution in [2.75, 3.05) is 0 Å². The van der Waals surface area contributed by atoms with Crippen molar-refractivity contribution in [3.05, 3.63) is 29.6 Å². The minimum Gasteiger partial charge on any atom is -0.251 e. The molecule has 0 aromatic carbocycles. The molecule has 0 aliphatic heterocycles. The summed E-state index contributed by atoms with van der Waals surface area (Å²) in [5, 5.41) is 0. The molecule has 1 aromatic heterocycles. The lowest BCUT2D eigenvalue weighted by Crippen LogP contribution is -1.92. The van der Waals surface area contributed by atoms with Gasteiger partial charge in [-0.05, 0) is 12.1 Å². The first-order chi connectivity index (χ1) is 5.24. The highest BCUT2D eigenvalue weighted by atomic mass is 35.5. The van der Waals surface area contributed by atoms with Gasteiger partial charge in [0.05, 0.1) is 11.6 Å². The Morgan fingerprint density at radius 3 is 2.73 bits per heavy atom. The maximum Gasteiger partial charge on any atom is 0.280 e. The molecule has 0 N–H and O–H groups in total. The first-order valence-corrected chi connectivity index (χ1v) is 3.57. The SMILES string of the molecule is FC(F)c1cccc(CCl)n1. The van der Waals surface area contributed by atoms with Crippen LogP contribution in [0.1, 0.15) is 17.8 Å². The molecule has 0 saturated carbocycles. The maximum absolute atomic E-state index is 12.0. The van der Waals surface area contributed by atoms with E-state index in [0.29, 0.717) is 5.69 Å². The van der Waals surface area contributed by atoms with Gasteiger partial charge in [0.1, 0.15) is 5.69 Å². The van der Waals surface area contributed by atoms with Crippen LogP contribution in [-0.4, -0.2) is 4.98 Å². The van der Waals surface area contributed by atoms with E-state index in [-0.39, 0.29) is 11.6 Å². The molecule has 0 spiro atoms. The Hall–Kier alpha value is -0.700. The third-order valence-electron chi connectivity index (χ3n) is 1.19. The van der Waals surface area contributed by atoms with Crippen molar-refractivity contribution in [3.63, 3.8) is 0 Å².